The molecule has 7 heteroatoms. The Morgan fingerprint density at radius 3 is 1.16 bits per heavy atom. The maximum absolute atomic E-state index is 5.28. The number of nitrogens with zero attached hydrogens (tertiary/aromatic N) is 7. The van der Waals surface area contributed by atoms with E-state index in [1.54, 1.807) is 0 Å². The van der Waals surface area contributed by atoms with Crippen molar-refractivity contribution in [3.63, 3.8) is 0 Å². The van der Waals surface area contributed by atoms with Crippen molar-refractivity contribution in [3.8, 4) is 79.4 Å². The Bertz CT molecular complexity index is 3920. The van der Waals surface area contributed by atoms with Gasteiger partial charge in [0.05, 0.1) is 33.5 Å². The van der Waals surface area contributed by atoms with Crippen LogP contribution < -0.4 is 0 Å². The van der Waals surface area contributed by atoms with Crippen LogP contribution in [-0.2, 0) is 0 Å². The maximum Gasteiger partial charge on any atom is 0.238 e. The van der Waals surface area contributed by atoms with Gasteiger partial charge in [-0.15, -0.1) is 0 Å². The molecule has 7 nitrogen and oxygen atoms in total. The van der Waals surface area contributed by atoms with Crippen LogP contribution >= 0.6 is 0 Å². The summed E-state index contributed by atoms with van der Waals surface area (Å²) in [4.78, 5) is 25.9. The van der Waals surface area contributed by atoms with Gasteiger partial charge in [-0.05, 0) is 41.5 Å². The molecule has 0 aliphatic rings. The Hall–Kier alpha value is -9.33. The molecular weight excluding hydrogens is 831 g/mol. The number of hydrogen-bond donors (Lipinski definition) is 0. The van der Waals surface area contributed by atoms with E-state index >= 15 is 0 Å². The molecule has 0 spiro atoms. The monoisotopic (exact) mass is 869 g/mol. The van der Waals surface area contributed by atoms with Crippen molar-refractivity contribution < 1.29 is 0 Å². The van der Waals surface area contributed by atoms with E-state index in [9.17, 15) is 0 Å². The summed E-state index contributed by atoms with van der Waals surface area (Å²) in [5.74, 6) is 2.44. The van der Waals surface area contributed by atoms with E-state index in [0.29, 0.717) is 23.4 Å². The van der Waals surface area contributed by atoms with E-state index in [1.807, 2.05) is 84.9 Å². The van der Waals surface area contributed by atoms with E-state index in [4.69, 9.17) is 24.9 Å². The van der Waals surface area contributed by atoms with Gasteiger partial charge in [-0.3, -0.25) is 4.57 Å². The summed E-state index contributed by atoms with van der Waals surface area (Å²) in [7, 11) is 0. The highest BCUT2D eigenvalue weighted by molar-refractivity contribution is 6.23. The van der Waals surface area contributed by atoms with Crippen LogP contribution in [0.25, 0.3) is 123 Å². The molecule has 0 aliphatic heterocycles. The number of fused-ring (bicyclic) bond motifs is 7. The summed E-state index contributed by atoms with van der Waals surface area (Å²) >= 11 is 0. The minimum Gasteiger partial charge on any atom is -0.307 e. The van der Waals surface area contributed by atoms with Gasteiger partial charge in [0.2, 0.25) is 5.95 Å². The normalized spacial score (nSPS) is 11.5. The Morgan fingerprint density at radius 2 is 0.618 bits per heavy atom. The second-order valence-electron chi connectivity index (χ2n) is 16.9. The average Bonchev–Trinajstić information content (AvgIpc) is 3.95. The van der Waals surface area contributed by atoms with Crippen LogP contribution in [0.4, 0.5) is 0 Å². The highest BCUT2D eigenvalue weighted by Gasteiger charge is 2.24. The van der Waals surface area contributed by atoms with Crippen molar-refractivity contribution in [3.05, 3.63) is 237 Å². The molecule has 0 atom stereocenters. The second kappa shape index (κ2) is 16.3. The van der Waals surface area contributed by atoms with Crippen LogP contribution in [0.15, 0.2) is 237 Å². The molecular formula is C61H39N7. The first-order chi connectivity index (χ1) is 33.7. The highest BCUT2D eigenvalue weighted by atomic mass is 15.2. The topological polar surface area (TPSA) is 74.3 Å². The fourth-order valence-corrected chi connectivity index (χ4v) is 9.58. The predicted molar refractivity (Wildman–Crippen MR) is 277 cm³/mol. The zero-order valence-corrected chi connectivity index (χ0v) is 36.6. The molecule has 0 saturated heterocycles. The first-order valence-corrected chi connectivity index (χ1v) is 22.8. The molecule has 0 radical (unpaired) electrons. The molecule has 318 valence electrons. The number of para-hydroxylation sites is 2. The Kier molecular flexibility index (Phi) is 9.35. The number of rotatable bonds is 8. The summed E-state index contributed by atoms with van der Waals surface area (Å²) in [5.41, 5.74) is 14.0. The quantitative estimate of drug-likeness (QED) is 0.152. The summed E-state index contributed by atoms with van der Waals surface area (Å²) in [5, 5.41) is 4.51. The first-order valence-electron chi connectivity index (χ1n) is 22.8. The lowest BCUT2D eigenvalue weighted by Gasteiger charge is -2.14. The van der Waals surface area contributed by atoms with Crippen LogP contribution in [0, 0.1) is 0 Å². The smallest absolute Gasteiger partial charge is 0.238 e. The first kappa shape index (κ1) is 39.1. The van der Waals surface area contributed by atoms with Gasteiger partial charge >= 0.3 is 0 Å². The molecule has 0 bridgehead atoms. The standard InChI is InChI=1S/C61H39N7/c1-5-17-40(18-6-1)41-29-31-46(32-30-41)58-62-52(42-19-7-2-8-20-42)39-53(63-58)43-33-35-47(36-34-43)67-54-27-15-13-25-48(54)50-37-38-51-49-26-14-16-28-55(49)68(57(51)56(50)67)61-65-59(44-21-9-3-10-22-44)64-60(66-61)45-23-11-4-12-24-45/h1-39H. The predicted octanol–water partition coefficient (Wildman–Crippen LogP) is 14.9. The SMILES string of the molecule is c1ccc(-c2ccc(-c3nc(-c4ccccc4)cc(-c4ccc(-n5c6ccccc6c6ccc7c8ccccc8n(-c8nc(-c9ccccc9)nc(-c9ccccc9)n8)c7c65)cc4)n3)cc2)cc1. The molecule has 0 aliphatic carbocycles. The number of hydrogen-bond acceptors (Lipinski definition) is 5. The van der Waals surface area contributed by atoms with Gasteiger partial charge in [-0.25, -0.2) is 15.0 Å². The Balaban J connectivity index is 1.01. The highest BCUT2D eigenvalue weighted by Crippen LogP contribution is 2.42. The van der Waals surface area contributed by atoms with Crippen LogP contribution in [0.2, 0.25) is 0 Å². The third-order valence-electron chi connectivity index (χ3n) is 12.8. The largest absolute Gasteiger partial charge is 0.307 e. The van der Waals surface area contributed by atoms with E-state index in [0.717, 1.165) is 94.1 Å². The molecule has 13 aromatic rings. The van der Waals surface area contributed by atoms with Crippen molar-refractivity contribution in [1.29, 1.82) is 0 Å². The summed E-state index contributed by atoms with van der Waals surface area (Å²) in [6, 6.07) is 82.1. The fourth-order valence-electron chi connectivity index (χ4n) is 9.58. The van der Waals surface area contributed by atoms with Gasteiger partial charge in [0.15, 0.2) is 17.5 Å². The molecule has 4 heterocycles. The molecule has 0 fully saturated rings. The van der Waals surface area contributed by atoms with Crippen LogP contribution in [-0.4, -0.2) is 34.1 Å². The summed E-state index contributed by atoms with van der Waals surface area (Å²) in [6.07, 6.45) is 0. The third kappa shape index (κ3) is 6.72. The molecule has 0 unspecified atom stereocenters. The lowest BCUT2D eigenvalue weighted by atomic mass is 10.0. The fraction of sp³-hybridized carbons (Fsp3) is 0. The van der Waals surface area contributed by atoms with Gasteiger partial charge in [-0.1, -0.05) is 206 Å². The minimum absolute atomic E-state index is 0.548. The Labute approximate surface area is 392 Å². The summed E-state index contributed by atoms with van der Waals surface area (Å²) in [6.45, 7) is 0. The lowest BCUT2D eigenvalue weighted by Crippen LogP contribution is -2.07. The zero-order valence-electron chi connectivity index (χ0n) is 36.6. The van der Waals surface area contributed by atoms with Gasteiger partial charge in [0, 0.05) is 55.0 Å². The van der Waals surface area contributed by atoms with E-state index in [1.165, 1.54) is 5.56 Å². The molecule has 13 rings (SSSR count). The van der Waals surface area contributed by atoms with E-state index < -0.39 is 0 Å². The van der Waals surface area contributed by atoms with E-state index in [2.05, 4.69) is 161 Å². The third-order valence-corrected chi connectivity index (χ3v) is 12.8. The van der Waals surface area contributed by atoms with Crippen molar-refractivity contribution in [2.75, 3.05) is 0 Å². The molecule has 0 N–H and O–H groups in total. The molecule has 4 aromatic heterocycles. The second-order valence-corrected chi connectivity index (χ2v) is 16.9. The van der Waals surface area contributed by atoms with E-state index in [-0.39, 0.29) is 0 Å². The van der Waals surface area contributed by atoms with Gasteiger partial charge in [0.1, 0.15) is 0 Å². The van der Waals surface area contributed by atoms with Crippen molar-refractivity contribution in [2.24, 2.45) is 0 Å². The molecule has 0 saturated carbocycles. The maximum atomic E-state index is 5.28. The lowest BCUT2D eigenvalue weighted by molar-refractivity contribution is 0.953. The molecule has 9 aromatic carbocycles. The van der Waals surface area contributed by atoms with Gasteiger partial charge in [0.25, 0.3) is 0 Å². The van der Waals surface area contributed by atoms with Gasteiger partial charge in [-0.2, -0.15) is 9.97 Å². The van der Waals surface area contributed by atoms with Crippen LogP contribution in [0.3, 0.4) is 0 Å². The average molecular weight is 870 g/mol. The van der Waals surface area contributed by atoms with Crippen molar-refractivity contribution in [1.82, 2.24) is 34.1 Å². The molecule has 0 amide bonds. The Morgan fingerprint density at radius 1 is 0.250 bits per heavy atom. The number of benzene rings is 9. The number of aromatic nitrogens is 7. The van der Waals surface area contributed by atoms with Crippen LogP contribution in [0.5, 0.6) is 0 Å². The zero-order chi connectivity index (χ0) is 45.0. The van der Waals surface area contributed by atoms with Crippen molar-refractivity contribution >= 4 is 43.6 Å². The summed E-state index contributed by atoms with van der Waals surface area (Å²) < 4.78 is 4.62. The van der Waals surface area contributed by atoms with Crippen molar-refractivity contribution in [2.45, 2.75) is 0 Å². The van der Waals surface area contributed by atoms with Gasteiger partial charge < -0.3 is 4.57 Å². The van der Waals surface area contributed by atoms with Crippen LogP contribution in [0.1, 0.15) is 0 Å². The molecule has 68 heavy (non-hydrogen) atoms. The minimum atomic E-state index is 0.548.